The highest BCUT2D eigenvalue weighted by Gasteiger charge is 2.32. The summed E-state index contributed by atoms with van der Waals surface area (Å²) in [6.45, 7) is 8.80. The lowest BCUT2D eigenvalue weighted by Crippen LogP contribution is -2.58. The standard InChI is InChI=1S/C25H29ClFN6O/c1-17-15-31(24-21(26)4-3-9-28-24)10-11-32(17)23-14-22(19-5-7-20(27)8-6-19)29-25(30-23)33-12-13-34-16-18(33)2/h4-9,14,17-18,24,28H,10-13,15-16H2,1-2H3/t17-,18+,24?/m0/s1. The van der Waals surface area contributed by atoms with Gasteiger partial charge in [0.25, 0.3) is 0 Å². The molecule has 4 heterocycles. The molecule has 0 saturated carbocycles. The third kappa shape index (κ3) is 4.76. The minimum Gasteiger partial charge on any atom is -0.377 e. The van der Waals surface area contributed by atoms with Crippen LogP contribution in [0.15, 0.2) is 47.6 Å². The van der Waals surface area contributed by atoms with Crippen LogP contribution in [0.3, 0.4) is 0 Å². The summed E-state index contributed by atoms with van der Waals surface area (Å²) in [7, 11) is 0. The van der Waals surface area contributed by atoms with E-state index >= 15 is 0 Å². The Hall–Kier alpha value is -2.68. The Kier molecular flexibility index (Phi) is 6.72. The summed E-state index contributed by atoms with van der Waals surface area (Å²) in [6.07, 6.45) is 6.59. The number of morpholine rings is 1. The van der Waals surface area contributed by atoms with Gasteiger partial charge in [-0.3, -0.25) is 4.90 Å². The first-order valence-electron chi connectivity index (χ1n) is 11.7. The second-order valence-electron chi connectivity index (χ2n) is 8.98. The maximum atomic E-state index is 13.6. The lowest BCUT2D eigenvalue weighted by Gasteiger charge is -2.44. The van der Waals surface area contributed by atoms with Crippen molar-refractivity contribution in [3.63, 3.8) is 0 Å². The molecule has 0 amide bonds. The van der Waals surface area contributed by atoms with E-state index in [1.807, 2.05) is 18.3 Å². The molecule has 3 atom stereocenters. The molecule has 9 heteroatoms. The van der Waals surface area contributed by atoms with E-state index < -0.39 is 0 Å². The van der Waals surface area contributed by atoms with Gasteiger partial charge in [-0.25, -0.2) is 9.37 Å². The third-order valence-corrected chi connectivity index (χ3v) is 6.91. The van der Waals surface area contributed by atoms with E-state index in [4.69, 9.17) is 26.3 Å². The van der Waals surface area contributed by atoms with Gasteiger partial charge >= 0.3 is 0 Å². The number of nitrogens with one attached hydrogen (secondary N) is 1. The first kappa shape index (κ1) is 23.1. The monoisotopic (exact) mass is 483 g/mol. The molecular formula is C25H29ClFN6O. The summed E-state index contributed by atoms with van der Waals surface area (Å²) in [5.41, 5.74) is 1.65. The Morgan fingerprint density at radius 1 is 1.09 bits per heavy atom. The predicted octanol–water partition coefficient (Wildman–Crippen LogP) is 3.39. The molecule has 0 aliphatic carbocycles. The Bertz CT molecular complexity index is 1080. The number of hydrogen-bond acceptors (Lipinski definition) is 7. The van der Waals surface area contributed by atoms with Crippen LogP contribution < -0.4 is 15.1 Å². The summed E-state index contributed by atoms with van der Waals surface area (Å²) in [6, 6.07) is 8.87. The van der Waals surface area contributed by atoms with Gasteiger partial charge in [-0.15, -0.1) is 0 Å². The van der Waals surface area contributed by atoms with Crippen molar-refractivity contribution in [2.24, 2.45) is 0 Å². The van der Waals surface area contributed by atoms with Gasteiger partial charge in [0, 0.05) is 56.1 Å². The van der Waals surface area contributed by atoms with Crippen LogP contribution in [0.4, 0.5) is 16.2 Å². The zero-order chi connectivity index (χ0) is 23.7. The van der Waals surface area contributed by atoms with E-state index in [0.29, 0.717) is 19.2 Å². The van der Waals surface area contributed by atoms with Gasteiger partial charge in [0.1, 0.15) is 17.8 Å². The fourth-order valence-electron chi connectivity index (χ4n) is 4.74. The van der Waals surface area contributed by atoms with Gasteiger partial charge < -0.3 is 19.9 Å². The minimum atomic E-state index is -0.263. The fraction of sp³-hybridized carbons (Fsp3) is 0.440. The molecule has 1 aromatic heterocycles. The lowest BCUT2D eigenvalue weighted by molar-refractivity contribution is 0.0981. The van der Waals surface area contributed by atoms with E-state index in [1.54, 1.807) is 12.1 Å². The molecule has 2 aromatic rings. The van der Waals surface area contributed by atoms with E-state index in [-0.39, 0.29) is 24.1 Å². The van der Waals surface area contributed by atoms with Crippen molar-refractivity contribution < 1.29 is 9.13 Å². The van der Waals surface area contributed by atoms with Crippen LogP contribution in [0.1, 0.15) is 13.8 Å². The van der Waals surface area contributed by atoms with Crippen LogP contribution in [0.25, 0.3) is 11.3 Å². The maximum Gasteiger partial charge on any atom is 0.228 e. The van der Waals surface area contributed by atoms with Gasteiger partial charge in [-0.1, -0.05) is 11.6 Å². The van der Waals surface area contributed by atoms with Crippen molar-refractivity contribution >= 4 is 23.4 Å². The molecule has 179 valence electrons. The quantitative estimate of drug-likeness (QED) is 0.715. The maximum absolute atomic E-state index is 13.6. The number of piperazine rings is 1. The molecule has 0 spiro atoms. The van der Waals surface area contributed by atoms with E-state index in [1.165, 1.54) is 12.1 Å². The van der Waals surface area contributed by atoms with Crippen LogP contribution in [-0.2, 0) is 4.74 Å². The van der Waals surface area contributed by atoms with Gasteiger partial charge in [-0.05, 0) is 44.2 Å². The second-order valence-corrected chi connectivity index (χ2v) is 9.42. The SMILES string of the molecule is C[C@@H]1COCCN1c1nc(-c2ccc(F)cc2)cc(N2CCN(C3NC=[C]C=C3Cl)C[C@@H]2C)n1. The molecular weight excluding hydrogens is 455 g/mol. The molecule has 1 unspecified atom stereocenters. The van der Waals surface area contributed by atoms with Crippen molar-refractivity contribution in [3.8, 4) is 11.3 Å². The molecule has 1 radical (unpaired) electrons. The predicted molar refractivity (Wildman–Crippen MR) is 132 cm³/mol. The molecule has 3 aliphatic heterocycles. The number of allylic oxidation sites excluding steroid dienone is 2. The number of aromatic nitrogens is 2. The first-order valence-corrected chi connectivity index (χ1v) is 12.1. The fourth-order valence-corrected chi connectivity index (χ4v) is 5.00. The van der Waals surface area contributed by atoms with Crippen molar-refractivity contribution in [2.75, 3.05) is 49.2 Å². The topological polar surface area (TPSA) is 56.8 Å². The van der Waals surface area contributed by atoms with Crippen LogP contribution in [0, 0.1) is 11.9 Å². The van der Waals surface area contributed by atoms with E-state index in [0.717, 1.165) is 48.3 Å². The van der Waals surface area contributed by atoms with E-state index in [2.05, 4.69) is 39.9 Å². The van der Waals surface area contributed by atoms with Crippen LogP contribution in [0.5, 0.6) is 0 Å². The minimum absolute atomic E-state index is 0.0301. The summed E-state index contributed by atoms with van der Waals surface area (Å²) in [5.74, 6) is 1.30. The number of halogens is 2. The molecule has 3 aliphatic rings. The van der Waals surface area contributed by atoms with Crippen LogP contribution >= 0.6 is 11.6 Å². The van der Waals surface area contributed by atoms with Crippen molar-refractivity contribution in [1.82, 2.24) is 20.2 Å². The average Bonchev–Trinajstić information content (AvgIpc) is 2.85. The zero-order valence-electron chi connectivity index (χ0n) is 19.4. The summed E-state index contributed by atoms with van der Waals surface area (Å²) in [5, 5.41) is 4.05. The normalized spacial score (nSPS) is 25.8. The Balaban J connectivity index is 1.45. The smallest absolute Gasteiger partial charge is 0.228 e. The second kappa shape index (κ2) is 9.90. The number of hydrogen-bond donors (Lipinski definition) is 1. The lowest BCUT2D eigenvalue weighted by atomic mass is 10.1. The molecule has 7 nitrogen and oxygen atoms in total. The Morgan fingerprint density at radius 2 is 1.91 bits per heavy atom. The van der Waals surface area contributed by atoms with Gasteiger partial charge in [-0.2, -0.15) is 4.98 Å². The molecule has 2 fully saturated rings. The van der Waals surface area contributed by atoms with E-state index in [9.17, 15) is 4.39 Å². The highest BCUT2D eigenvalue weighted by Crippen LogP contribution is 2.29. The molecule has 1 aromatic carbocycles. The van der Waals surface area contributed by atoms with Gasteiger partial charge in [0.15, 0.2) is 0 Å². The van der Waals surface area contributed by atoms with Crippen molar-refractivity contribution in [2.45, 2.75) is 32.1 Å². The molecule has 5 rings (SSSR count). The van der Waals surface area contributed by atoms with Gasteiger partial charge in [0.2, 0.25) is 5.95 Å². The highest BCUT2D eigenvalue weighted by molar-refractivity contribution is 6.30. The van der Waals surface area contributed by atoms with Crippen molar-refractivity contribution in [3.05, 3.63) is 59.5 Å². The van der Waals surface area contributed by atoms with Crippen LogP contribution in [0.2, 0.25) is 0 Å². The number of dihydropyridines is 1. The number of ether oxygens (including phenoxy) is 1. The Labute approximate surface area is 204 Å². The van der Waals surface area contributed by atoms with Crippen LogP contribution in [-0.4, -0.2) is 72.5 Å². The largest absolute Gasteiger partial charge is 0.377 e. The average molecular weight is 484 g/mol. The van der Waals surface area contributed by atoms with Crippen molar-refractivity contribution in [1.29, 1.82) is 0 Å². The number of anilines is 2. The third-order valence-electron chi connectivity index (χ3n) is 6.59. The first-order chi connectivity index (χ1) is 16.5. The van der Waals surface area contributed by atoms with Gasteiger partial charge in [0.05, 0.1) is 30.0 Å². The zero-order valence-corrected chi connectivity index (χ0v) is 20.2. The number of rotatable bonds is 4. The summed E-state index contributed by atoms with van der Waals surface area (Å²) in [4.78, 5) is 16.7. The molecule has 2 saturated heterocycles. The molecule has 0 bridgehead atoms. The highest BCUT2D eigenvalue weighted by atomic mass is 35.5. The summed E-state index contributed by atoms with van der Waals surface area (Å²) >= 11 is 6.44. The Morgan fingerprint density at radius 3 is 2.65 bits per heavy atom. The number of benzene rings is 1. The number of nitrogens with zero attached hydrogens (tertiary/aromatic N) is 5. The summed E-state index contributed by atoms with van der Waals surface area (Å²) < 4.78 is 19.2. The molecule has 34 heavy (non-hydrogen) atoms. The molecule has 1 N–H and O–H groups in total.